The first kappa shape index (κ1) is 18.8. The lowest BCUT2D eigenvalue weighted by atomic mass is 10.1. The second kappa shape index (κ2) is 8.19. The van der Waals surface area contributed by atoms with E-state index in [9.17, 15) is 4.79 Å². The van der Waals surface area contributed by atoms with E-state index in [1.807, 2.05) is 36.4 Å². The smallest absolute Gasteiger partial charge is 0.337 e. The first-order valence-electron chi connectivity index (χ1n) is 9.71. The zero-order valence-electron chi connectivity index (χ0n) is 16.0. The van der Waals surface area contributed by atoms with Gasteiger partial charge in [-0.15, -0.1) is 0 Å². The molecule has 0 fully saturated rings. The molecule has 0 spiro atoms. The van der Waals surface area contributed by atoms with Gasteiger partial charge >= 0.3 is 5.97 Å². The average Bonchev–Trinajstić information content (AvgIpc) is 2.90. The molecule has 0 aliphatic carbocycles. The minimum Gasteiger partial charge on any atom is -0.465 e. The molecule has 0 bridgehead atoms. The number of esters is 1. The van der Waals surface area contributed by atoms with Crippen LogP contribution < -0.4 is 4.57 Å². The van der Waals surface area contributed by atoms with Gasteiger partial charge in [-0.2, -0.15) is 0 Å². The van der Waals surface area contributed by atoms with Gasteiger partial charge in [0.1, 0.15) is 12.7 Å². The zero-order valence-corrected chi connectivity index (χ0v) is 16.8. The Morgan fingerprint density at radius 2 is 1.82 bits per heavy atom. The first-order valence-corrected chi connectivity index (χ1v) is 10.1. The quantitative estimate of drug-likeness (QED) is 0.475. The number of fused-ring (bicyclic) bond motifs is 1. The minimum atomic E-state index is -0.304. The number of rotatable bonds is 4. The van der Waals surface area contributed by atoms with Gasteiger partial charge in [-0.3, -0.25) is 0 Å². The third kappa shape index (κ3) is 3.83. The number of carbonyl (C=O) groups excluding carboxylic acids is 1. The minimum absolute atomic E-state index is 0.304. The Morgan fingerprint density at radius 3 is 2.54 bits per heavy atom. The van der Waals surface area contributed by atoms with Crippen LogP contribution in [0.15, 0.2) is 54.7 Å². The third-order valence-electron chi connectivity index (χ3n) is 5.36. The molecule has 5 heteroatoms. The largest absolute Gasteiger partial charge is 0.465 e. The Morgan fingerprint density at radius 1 is 1.07 bits per heavy atom. The van der Waals surface area contributed by atoms with Crippen LogP contribution in [0, 0.1) is 0 Å². The summed E-state index contributed by atoms with van der Waals surface area (Å²) in [6.45, 7) is 1.83. The molecule has 2 heterocycles. The molecule has 1 aliphatic rings. The second-order valence-corrected chi connectivity index (χ2v) is 7.65. The first-order chi connectivity index (χ1) is 13.7. The normalized spacial score (nSPS) is 13.6. The lowest BCUT2D eigenvalue weighted by Crippen LogP contribution is -2.37. The number of aromatic nitrogens is 2. The summed E-state index contributed by atoms with van der Waals surface area (Å²) in [6, 6.07) is 15.7. The summed E-state index contributed by atoms with van der Waals surface area (Å²) < 4.78 is 9.59. The summed E-state index contributed by atoms with van der Waals surface area (Å²) in [7, 11) is 1.40. The standard InChI is InChI=1S/C23H24ClN2O2/c1-28-23(27)19-8-6-17(7-9-19)15-25-16-21(18-10-12-20(24)13-11-18)26-14-4-2-3-5-22(25)26/h6-13,16H,2-5,14-15H2,1H3/q+1. The summed E-state index contributed by atoms with van der Waals surface area (Å²) in [6.07, 6.45) is 7.00. The highest BCUT2D eigenvalue weighted by Crippen LogP contribution is 2.25. The van der Waals surface area contributed by atoms with E-state index in [0.717, 1.165) is 30.1 Å². The molecule has 0 atom stereocenters. The molecule has 0 saturated heterocycles. The van der Waals surface area contributed by atoms with Crippen LogP contribution in [0.1, 0.15) is 41.0 Å². The fourth-order valence-electron chi connectivity index (χ4n) is 3.89. The number of imidazole rings is 1. The number of methoxy groups -OCH3 is 1. The van der Waals surface area contributed by atoms with Crippen molar-refractivity contribution in [3.63, 3.8) is 0 Å². The van der Waals surface area contributed by atoms with E-state index < -0.39 is 0 Å². The molecule has 1 aromatic heterocycles. The maximum atomic E-state index is 11.7. The topological polar surface area (TPSA) is 35.1 Å². The van der Waals surface area contributed by atoms with E-state index in [1.54, 1.807) is 0 Å². The van der Waals surface area contributed by atoms with Crippen molar-refractivity contribution in [3.8, 4) is 11.3 Å². The number of ether oxygens (including phenoxy) is 1. The van der Waals surface area contributed by atoms with E-state index >= 15 is 0 Å². The Kier molecular flexibility index (Phi) is 5.49. The van der Waals surface area contributed by atoms with Crippen LogP contribution in [0.25, 0.3) is 11.3 Å². The molecule has 3 aromatic rings. The fraction of sp³-hybridized carbons (Fsp3) is 0.304. The van der Waals surface area contributed by atoms with Crippen molar-refractivity contribution in [2.45, 2.75) is 38.8 Å². The molecule has 0 radical (unpaired) electrons. The van der Waals surface area contributed by atoms with Crippen LogP contribution in [-0.4, -0.2) is 17.6 Å². The third-order valence-corrected chi connectivity index (χ3v) is 5.61. The maximum Gasteiger partial charge on any atom is 0.337 e. The maximum absolute atomic E-state index is 11.7. The van der Waals surface area contributed by atoms with Crippen molar-refractivity contribution in [3.05, 3.63) is 76.7 Å². The molecule has 144 valence electrons. The molecular weight excluding hydrogens is 372 g/mol. The fourth-order valence-corrected chi connectivity index (χ4v) is 4.02. The summed E-state index contributed by atoms with van der Waals surface area (Å²) in [5.41, 5.74) is 4.17. The molecular formula is C23H24ClN2O2+. The molecule has 0 saturated carbocycles. The van der Waals surface area contributed by atoms with Crippen molar-refractivity contribution in [1.29, 1.82) is 0 Å². The van der Waals surface area contributed by atoms with Crippen LogP contribution in [0.2, 0.25) is 5.02 Å². The summed E-state index contributed by atoms with van der Waals surface area (Å²) in [4.78, 5) is 11.7. The predicted molar refractivity (Wildman–Crippen MR) is 110 cm³/mol. The van der Waals surface area contributed by atoms with Crippen molar-refractivity contribution in [1.82, 2.24) is 4.57 Å². The summed E-state index contributed by atoms with van der Waals surface area (Å²) >= 11 is 6.08. The average molecular weight is 396 g/mol. The van der Waals surface area contributed by atoms with Gasteiger partial charge in [-0.1, -0.05) is 23.7 Å². The van der Waals surface area contributed by atoms with E-state index in [0.29, 0.717) is 5.56 Å². The Labute approximate surface area is 170 Å². The van der Waals surface area contributed by atoms with Crippen LogP contribution in [0.4, 0.5) is 0 Å². The number of halogens is 1. The van der Waals surface area contributed by atoms with E-state index in [1.165, 1.54) is 43.5 Å². The Balaban J connectivity index is 1.68. The highest BCUT2D eigenvalue weighted by atomic mass is 35.5. The molecule has 2 aromatic carbocycles. The summed E-state index contributed by atoms with van der Waals surface area (Å²) in [5.74, 6) is 1.06. The van der Waals surface area contributed by atoms with Gasteiger partial charge in [0.05, 0.1) is 19.2 Å². The van der Waals surface area contributed by atoms with Crippen molar-refractivity contribution in [2.24, 2.45) is 0 Å². The Hall–Kier alpha value is -2.59. The highest BCUT2D eigenvalue weighted by molar-refractivity contribution is 6.30. The number of hydrogen-bond acceptors (Lipinski definition) is 2. The van der Waals surface area contributed by atoms with Gasteiger partial charge in [0.25, 0.3) is 5.82 Å². The number of nitrogens with zero attached hydrogens (tertiary/aromatic N) is 2. The highest BCUT2D eigenvalue weighted by Gasteiger charge is 2.26. The Bertz CT molecular complexity index is 975. The molecule has 4 nitrogen and oxygen atoms in total. The van der Waals surface area contributed by atoms with Gasteiger partial charge in [0.15, 0.2) is 5.69 Å². The molecule has 1 aliphatic heterocycles. The molecule has 4 rings (SSSR count). The van der Waals surface area contributed by atoms with Gasteiger partial charge < -0.3 is 4.74 Å². The van der Waals surface area contributed by atoms with Crippen molar-refractivity contribution in [2.75, 3.05) is 7.11 Å². The SMILES string of the molecule is COC(=O)c1ccc(C[n+]2cc(-c3ccc(Cl)cc3)n3c2CCCCC3)cc1. The predicted octanol–water partition coefficient (Wildman–Crippen LogP) is 4.66. The van der Waals surface area contributed by atoms with Crippen molar-refractivity contribution >= 4 is 17.6 Å². The number of carbonyl (C=O) groups is 1. The van der Waals surface area contributed by atoms with Gasteiger partial charge in [-0.05, 0) is 61.2 Å². The lowest BCUT2D eigenvalue weighted by molar-refractivity contribution is -0.695. The second-order valence-electron chi connectivity index (χ2n) is 7.22. The van der Waals surface area contributed by atoms with Gasteiger partial charge in [0, 0.05) is 17.0 Å². The monoisotopic (exact) mass is 395 g/mol. The van der Waals surface area contributed by atoms with Gasteiger partial charge in [0.2, 0.25) is 0 Å². The van der Waals surface area contributed by atoms with Gasteiger partial charge in [-0.25, -0.2) is 13.9 Å². The van der Waals surface area contributed by atoms with E-state index in [2.05, 4.69) is 27.5 Å². The van der Waals surface area contributed by atoms with Crippen LogP contribution in [0.5, 0.6) is 0 Å². The van der Waals surface area contributed by atoms with Crippen LogP contribution in [-0.2, 0) is 24.2 Å². The molecule has 28 heavy (non-hydrogen) atoms. The lowest BCUT2D eigenvalue weighted by Gasteiger charge is -2.04. The van der Waals surface area contributed by atoms with E-state index in [-0.39, 0.29) is 5.97 Å². The molecule has 0 unspecified atom stereocenters. The number of hydrogen-bond donors (Lipinski definition) is 0. The van der Waals surface area contributed by atoms with Crippen LogP contribution in [0.3, 0.4) is 0 Å². The molecule has 0 N–H and O–H groups in total. The van der Waals surface area contributed by atoms with Crippen molar-refractivity contribution < 1.29 is 14.1 Å². The number of benzene rings is 2. The summed E-state index contributed by atoms with van der Waals surface area (Å²) in [5, 5.41) is 0.755. The molecule has 0 amide bonds. The zero-order chi connectivity index (χ0) is 19.5. The van der Waals surface area contributed by atoms with E-state index in [4.69, 9.17) is 16.3 Å². The van der Waals surface area contributed by atoms with Crippen LogP contribution >= 0.6 is 11.6 Å².